The van der Waals surface area contributed by atoms with Crippen molar-refractivity contribution in [1.82, 2.24) is 4.90 Å². The van der Waals surface area contributed by atoms with Crippen LogP contribution in [0.25, 0.3) is 0 Å². The van der Waals surface area contributed by atoms with Crippen LogP contribution in [0.3, 0.4) is 0 Å². The Morgan fingerprint density at radius 3 is 1.87 bits per heavy atom. The number of hydrogen-bond donors (Lipinski definition) is 0. The quantitative estimate of drug-likeness (QED) is 0.517. The molecule has 0 radical (unpaired) electrons. The molecule has 3 nitrogen and oxygen atoms in total. The molecule has 4 atom stereocenters. The zero-order valence-electron chi connectivity index (χ0n) is 16.3. The highest BCUT2D eigenvalue weighted by Gasteiger charge is 2.68. The molecule has 2 rings (SSSR count). The van der Waals surface area contributed by atoms with Gasteiger partial charge in [-0.2, -0.15) is 26.3 Å². The second-order valence-corrected chi connectivity index (χ2v) is 8.12. The van der Waals surface area contributed by atoms with Crippen molar-refractivity contribution in [3.05, 3.63) is 0 Å². The van der Waals surface area contributed by atoms with Crippen LogP contribution in [-0.4, -0.2) is 80.3 Å². The van der Waals surface area contributed by atoms with E-state index in [0.29, 0.717) is 18.2 Å². The lowest BCUT2D eigenvalue weighted by Gasteiger charge is -2.42. The summed E-state index contributed by atoms with van der Waals surface area (Å²) in [7, 11) is 0. The number of hydrogen-bond acceptors (Lipinski definition) is 3. The smallest absolute Gasteiger partial charge is 0.378 e. The second kappa shape index (κ2) is 8.81. The lowest BCUT2D eigenvalue weighted by Crippen LogP contribution is -2.63. The van der Waals surface area contributed by atoms with E-state index in [0.717, 1.165) is 0 Å². The van der Waals surface area contributed by atoms with Gasteiger partial charge >= 0.3 is 12.4 Å². The minimum atomic E-state index is -5.96. The molecule has 2 heterocycles. The van der Waals surface area contributed by atoms with Crippen LogP contribution >= 0.6 is 0 Å². The van der Waals surface area contributed by atoms with Crippen LogP contribution in [0.2, 0.25) is 0 Å². The van der Waals surface area contributed by atoms with Gasteiger partial charge in [0.2, 0.25) is 0 Å². The average molecular weight is 481 g/mol. The Balaban J connectivity index is 2.26. The van der Waals surface area contributed by atoms with Gasteiger partial charge in [0.1, 0.15) is 6.10 Å². The van der Waals surface area contributed by atoms with Crippen molar-refractivity contribution in [3.63, 3.8) is 0 Å². The topological polar surface area (TPSA) is 21.7 Å². The number of alkyl halides is 11. The van der Waals surface area contributed by atoms with Gasteiger partial charge in [-0.1, -0.05) is 6.42 Å². The van der Waals surface area contributed by atoms with E-state index >= 15 is 0 Å². The Morgan fingerprint density at radius 1 is 0.839 bits per heavy atom. The summed E-state index contributed by atoms with van der Waals surface area (Å²) in [5, 5.41) is 0. The van der Waals surface area contributed by atoms with Gasteiger partial charge in [0, 0.05) is 0 Å². The predicted molar refractivity (Wildman–Crippen MR) is 84.8 cm³/mol. The van der Waals surface area contributed by atoms with Gasteiger partial charge in [0.15, 0.2) is 6.04 Å². The van der Waals surface area contributed by atoms with E-state index in [1.54, 1.807) is 0 Å². The first-order chi connectivity index (χ1) is 13.9. The second-order valence-electron chi connectivity index (χ2n) is 8.12. The van der Waals surface area contributed by atoms with Gasteiger partial charge in [-0.3, -0.25) is 4.90 Å². The van der Waals surface area contributed by atoms with E-state index in [2.05, 4.69) is 9.47 Å². The van der Waals surface area contributed by atoms with Gasteiger partial charge in [-0.05, 0) is 32.9 Å². The molecule has 184 valence electrons. The monoisotopic (exact) mass is 481 g/mol. The zero-order valence-corrected chi connectivity index (χ0v) is 16.3. The molecule has 0 N–H and O–H groups in total. The number of nitrogens with zero attached hydrogens (tertiary/aromatic N) is 1. The Kier molecular flexibility index (Phi) is 7.49. The van der Waals surface area contributed by atoms with Crippen molar-refractivity contribution in [2.24, 2.45) is 5.41 Å². The van der Waals surface area contributed by atoms with Gasteiger partial charge in [0.25, 0.3) is 18.0 Å². The van der Waals surface area contributed by atoms with E-state index in [9.17, 15) is 48.3 Å². The predicted octanol–water partition coefficient (Wildman–Crippen LogP) is 5.00. The summed E-state index contributed by atoms with van der Waals surface area (Å²) in [5.41, 5.74) is -3.05. The summed E-state index contributed by atoms with van der Waals surface area (Å²) in [6.07, 6.45) is -17.7. The largest absolute Gasteiger partial charge is 0.425 e. The standard InChI is InChI=1S/C17H22F11NO2/c1-13(15(21,22)11(18)16(23,24)25)8-30-7-10(31-9-13)14(19,20)12(17(26,27)28)29-5-3-2-4-6-29/h10-12H,2-9H2,1H3. The molecule has 0 aromatic heterocycles. The molecule has 0 spiro atoms. The number of halogens is 11. The van der Waals surface area contributed by atoms with Crippen LogP contribution in [0.15, 0.2) is 0 Å². The number of rotatable bonds is 5. The van der Waals surface area contributed by atoms with Crippen molar-refractivity contribution in [1.29, 1.82) is 0 Å². The summed E-state index contributed by atoms with van der Waals surface area (Å²) in [5.74, 6) is -9.82. The maximum Gasteiger partial charge on any atom is 0.425 e. The third-order valence-electron chi connectivity index (χ3n) is 5.56. The van der Waals surface area contributed by atoms with Crippen molar-refractivity contribution in [3.8, 4) is 0 Å². The number of piperidine rings is 1. The minimum absolute atomic E-state index is 0.240. The Labute approximate surface area is 170 Å². The summed E-state index contributed by atoms with van der Waals surface area (Å²) >= 11 is 0. The van der Waals surface area contributed by atoms with Gasteiger partial charge in [-0.15, -0.1) is 0 Å². The summed E-state index contributed by atoms with van der Waals surface area (Å²) in [6, 6.07) is -3.30. The SMILES string of the molecule is CC1(C(F)(F)C(F)C(F)(F)F)COCC(C(F)(F)C(N2CCCCC2)C(F)(F)F)OC1. The molecule has 2 fully saturated rings. The maximum atomic E-state index is 14.9. The highest BCUT2D eigenvalue weighted by Crippen LogP contribution is 2.48. The van der Waals surface area contributed by atoms with E-state index in [1.165, 1.54) is 0 Å². The molecule has 0 amide bonds. The Bertz CT molecular complexity index is 604. The average Bonchev–Trinajstić information content (AvgIpc) is 2.83. The summed E-state index contributed by atoms with van der Waals surface area (Å²) in [4.78, 5) is 0.521. The van der Waals surface area contributed by atoms with Crippen LogP contribution in [0.1, 0.15) is 26.2 Å². The highest BCUT2D eigenvalue weighted by atomic mass is 19.4. The molecule has 0 saturated carbocycles. The van der Waals surface area contributed by atoms with Crippen LogP contribution in [-0.2, 0) is 9.47 Å². The Hall–Kier alpha value is -0.890. The molecule has 0 aromatic rings. The van der Waals surface area contributed by atoms with Gasteiger partial charge in [0.05, 0.1) is 25.2 Å². The molecule has 14 heteroatoms. The third kappa shape index (κ3) is 5.37. The minimum Gasteiger partial charge on any atom is -0.378 e. The fraction of sp³-hybridized carbons (Fsp3) is 1.00. The fourth-order valence-corrected chi connectivity index (χ4v) is 3.71. The molecule has 2 aliphatic heterocycles. The first-order valence-electron chi connectivity index (χ1n) is 9.41. The lowest BCUT2D eigenvalue weighted by atomic mass is 9.82. The fourth-order valence-electron chi connectivity index (χ4n) is 3.71. The third-order valence-corrected chi connectivity index (χ3v) is 5.56. The normalized spacial score (nSPS) is 30.0. The first kappa shape index (κ1) is 26.4. The number of likely N-dealkylation sites (tertiary alicyclic amines) is 1. The molecule has 0 aliphatic carbocycles. The van der Waals surface area contributed by atoms with Crippen LogP contribution in [0.4, 0.5) is 48.3 Å². The molecular formula is C17H22F11NO2. The Morgan fingerprint density at radius 2 is 1.39 bits per heavy atom. The molecular weight excluding hydrogens is 459 g/mol. The van der Waals surface area contributed by atoms with Crippen LogP contribution < -0.4 is 0 Å². The van der Waals surface area contributed by atoms with Crippen molar-refractivity contribution in [2.75, 3.05) is 32.9 Å². The van der Waals surface area contributed by atoms with E-state index in [4.69, 9.17) is 0 Å². The van der Waals surface area contributed by atoms with E-state index in [-0.39, 0.29) is 25.9 Å². The molecule has 0 aromatic carbocycles. The molecule has 2 aliphatic rings. The first-order valence-corrected chi connectivity index (χ1v) is 9.41. The molecule has 4 unspecified atom stereocenters. The van der Waals surface area contributed by atoms with Gasteiger partial charge in [-0.25, -0.2) is 22.0 Å². The highest BCUT2D eigenvalue weighted by molar-refractivity contribution is 5.01. The maximum absolute atomic E-state index is 14.9. The van der Waals surface area contributed by atoms with Crippen LogP contribution in [0.5, 0.6) is 0 Å². The van der Waals surface area contributed by atoms with E-state index < -0.39 is 67.8 Å². The molecule has 31 heavy (non-hydrogen) atoms. The summed E-state index contributed by atoms with van der Waals surface area (Å²) < 4.78 is 159. The van der Waals surface area contributed by atoms with Crippen molar-refractivity contribution < 1.29 is 57.8 Å². The van der Waals surface area contributed by atoms with Crippen molar-refractivity contribution >= 4 is 0 Å². The van der Waals surface area contributed by atoms with Gasteiger partial charge < -0.3 is 9.47 Å². The molecule has 0 bridgehead atoms. The zero-order chi connectivity index (χ0) is 23.9. The molecule has 2 saturated heterocycles. The van der Waals surface area contributed by atoms with E-state index in [1.807, 2.05) is 0 Å². The summed E-state index contributed by atoms with van der Waals surface area (Å²) in [6.45, 7) is -4.32. The van der Waals surface area contributed by atoms with Crippen molar-refractivity contribution in [2.45, 2.75) is 68.7 Å². The van der Waals surface area contributed by atoms with Crippen LogP contribution in [0, 0.1) is 5.41 Å². The lowest BCUT2D eigenvalue weighted by molar-refractivity contribution is -0.292. The number of ether oxygens (including phenoxy) is 2.